The van der Waals surface area contributed by atoms with Crippen LogP contribution in [0.15, 0.2) is 22.7 Å². The standard InChI is InChI=1S/C5H5.C3H7.C2H5.2CO.Mn/c1-2-4-5-3-1;1-3-2;3*1-2;/h1-3H,4H2;1,3H2,2H3;1H2,2H3;;;. The first kappa shape index (κ1) is 16.8. The number of hydrogen-bond donors (Lipinski definition) is 0. The van der Waals surface area contributed by atoms with E-state index in [2.05, 4.69) is 45.7 Å². The van der Waals surface area contributed by atoms with E-state index < -0.39 is 0 Å². The molecule has 0 atom stereocenters. The fourth-order valence-corrected chi connectivity index (χ4v) is 4.19. The smallest absolute Gasteiger partial charge is 0.281 e. The van der Waals surface area contributed by atoms with Crippen LogP contribution in [0.1, 0.15) is 26.7 Å². The van der Waals surface area contributed by atoms with Gasteiger partial charge in [0.1, 0.15) is 0 Å². The first-order chi connectivity index (χ1) is 7.38. The third-order valence-electron chi connectivity index (χ3n) is 1.81. The Morgan fingerprint density at radius 2 is 1.87 bits per heavy atom. The summed E-state index contributed by atoms with van der Waals surface area (Å²) in [6.07, 6.45) is 9.45. The van der Waals surface area contributed by atoms with Gasteiger partial charge < -0.3 is 0 Å². The Balaban J connectivity index is 0. The molecule has 4 radical (unpaired) electrons. The second-order valence-corrected chi connectivity index (χ2v) is 6.27. The van der Waals surface area contributed by atoms with Gasteiger partial charge in [-0.15, -0.1) is 0 Å². The van der Waals surface area contributed by atoms with Crippen LogP contribution in [0.2, 0.25) is 10.6 Å². The monoisotopic (exact) mass is 248 g/mol. The molecule has 1 aliphatic rings. The molecular weight excluding hydrogens is 231 g/mol. The molecule has 0 N–H and O–H groups in total. The maximum absolute atomic E-state index is 7.50. The summed E-state index contributed by atoms with van der Waals surface area (Å²) in [5.41, 5.74) is 0. The van der Waals surface area contributed by atoms with Crippen molar-refractivity contribution in [1.29, 1.82) is 0 Å². The van der Waals surface area contributed by atoms with Crippen LogP contribution < -0.4 is 0 Å². The molecule has 0 aromatic heterocycles. The number of allylic oxidation sites excluding steroid dienone is 4. The van der Waals surface area contributed by atoms with Crippen LogP contribution in [0.25, 0.3) is 0 Å². The molecule has 0 bridgehead atoms. The van der Waals surface area contributed by atoms with E-state index in [1.54, 1.807) is 4.47 Å². The maximum Gasteiger partial charge on any atom is 0.281 e. The minimum Gasteiger partial charge on any atom is -0.281 e. The molecule has 1 aliphatic carbocycles. The molecular formula is C12H17MnO2. The molecule has 3 heteroatoms. The minimum atomic E-state index is -0.136. The zero-order valence-corrected chi connectivity index (χ0v) is 10.4. The summed E-state index contributed by atoms with van der Waals surface area (Å²) in [6.45, 7) is 13.6. The Hall–Kier alpha value is -0.661. The Morgan fingerprint density at radius 3 is 2.20 bits per heavy atom. The van der Waals surface area contributed by atoms with Gasteiger partial charge in [0.25, 0.3) is 13.6 Å². The van der Waals surface area contributed by atoms with Gasteiger partial charge in [-0.3, -0.25) is 9.59 Å². The van der Waals surface area contributed by atoms with Crippen LogP contribution in [0.5, 0.6) is 0 Å². The molecule has 0 saturated carbocycles. The average molecular weight is 248 g/mol. The molecule has 0 spiro atoms. The van der Waals surface area contributed by atoms with Gasteiger partial charge in [0.05, 0.1) is 0 Å². The Labute approximate surface area is 97.3 Å². The molecule has 84 valence electrons. The van der Waals surface area contributed by atoms with E-state index in [0.717, 1.165) is 0 Å². The van der Waals surface area contributed by atoms with E-state index in [0.29, 0.717) is 0 Å². The van der Waals surface area contributed by atoms with Crippen LogP contribution in [0.3, 0.4) is 0 Å². The van der Waals surface area contributed by atoms with Crippen molar-refractivity contribution >= 4 is 13.6 Å². The normalized spacial score (nSPS) is 12.9. The predicted molar refractivity (Wildman–Crippen MR) is 58.8 cm³/mol. The van der Waals surface area contributed by atoms with Gasteiger partial charge in [0, 0.05) is 0 Å². The summed E-state index contributed by atoms with van der Waals surface area (Å²) in [5.74, 6) is 0. The second-order valence-electron chi connectivity index (χ2n) is 2.66. The number of carbonyl (C=O) groups excluding carboxylic acids is 2. The Bertz CT molecular complexity index is 198. The largest absolute Gasteiger partial charge is 0.281 e. The Kier molecular flexibility index (Phi) is 14.9. The summed E-state index contributed by atoms with van der Waals surface area (Å²) in [6, 6.07) is 0. The SMILES string of the molecule is CC[CH2][Mn]([CH2]C)[C]1=CC=CC1.[C]=O.[C]=O. The molecule has 0 heterocycles. The average Bonchev–Trinajstić information content (AvgIpc) is 2.85. The van der Waals surface area contributed by atoms with Gasteiger partial charge in [0.15, 0.2) is 0 Å². The molecule has 0 amide bonds. The zero-order chi connectivity index (χ0) is 12.1. The van der Waals surface area contributed by atoms with Crippen LogP contribution in [0, 0.1) is 0 Å². The van der Waals surface area contributed by atoms with Crippen molar-refractivity contribution in [1.82, 2.24) is 0 Å². The fourth-order valence-electron chi connectivity index (χ4n) is 1.27. The van der Waals surface area contributed by atoms with E-state index in [9.17, 15) is 0 Å². The first-order valence-corrected chi connectivity index (χ1v) is 7.02. The van der Waals surface area contributed by atoms with Gasteiger partial charge in [0.2, 0.25) is 0 Å². The molecule has 2 nitrogen and oxygen atoms in total. The quantitative estimate of drug-likeness (QED) is 0.717. The molecule has 0 fully saturated rings. The topological polar surface area (TPSA) is 34.1 Å². The molecule has 0 aromatic rings. The third-order valence-corrected chi connectivity index (χ3v) is 5.63. The van der Waals surface area contributed by atoms with Crippen LogP contribution in [0.4, 0.5) is 0 Å². The van der Waals surface area contributed by atoms with Crippen molar-refractivity contribution in [3.05, 3.63) is 22.7 Å². The molecule has 0 saturated heterocycles. The van der Waals surface area contributed by atoms with Crippen molar-refractivity contribution in [2.45, 2.75) is 37.3 Å². The van der Waals surface area contributed by atoms with Gasteiger partial charge in [-0.25, -0.2) is 0 Å². The van der Waals surface area contributed by atoms with Crippen molar-refractivity contribution in [3.63, 3.8) is 0 Å². The van der Waals surface area contributed by atoms with Crippen molar-refractivity contribution in [3.8, 4) is 0 Å². The van der Waals surface area contributed by atoms with E-state index in [1.807, 2.05) is 0 Å². The molecule has 15 heavy (non-hydrogen) atoms. The third kappa shape index (κ3) is 7.29. The Morgan fingerprint density at radius 1 is 1.27 bits per heavy atom. The molecule has 0 unspecified atom stereocenters. The summed E-state index contributed by atoms with van der Waals surface area (Å²) in [4.78, 5) is 15.0. The number of hydrogen-bond acceptors (Lipinski definition) is 2. The maximum atomic E-state index is 7.50. The van der Waals surface area contributed by atoms with Crippen LogP contribution in [-0.2, 0) is 23.5 Å². The molecule has 0 aliphatic heterocycles. The fraction of sp³-hybridized carbons (Fsp3) is 0.500. The van der Waals surface area contributed by atoms with Gasteiger partial charge >= 0.3 is 73.9 Å². The van der Waals surface area contributed by atoms with E-state index in [1.165, 1.54) is 23.5 Å². The number of rotatable bonds is 4. The first-order valence-electron chi connectivity index (χ1n) is 4.76. The predicted octanol–water partition coefficient (Wildman–Crippen LogP) is 2.92. The zero-order valence-electron chi connectivity index (χ0n) is 9.25. The van der Waals surface area contributed by atoms with E-state index in [4.69, 9.17) is 9.59 Å². The summed E-state index contributed by atoms with van der Waals surface area (Å²) >= 11 is -0.136. The minimum absolute atomic E-state index is 0.136. The second kappa shape index (κ2) is 13.3. The van der Waals surface area contributed by atoms with Crippen LogP contribution >= 0.6 is 0 Å². The van der Waals surface area contributed by atoms with Crippen molar-refractivity contribution < 1.29 is 23.5 Å². The van der Waals surface area contributed by atoms with Crippen molar-refractivity contribution in [2.75, 3.05) is 0 Å². The van der Waals surface area contributed by atoms with Crippen LogP contribution in [-0.4, -0.2) is 13.6 Å². The van der Waals surface area contributed by atoms with Crippen molar-refractivity contribution in [2.24, 2.45) is 0 Å². The summed E-state index contributed by atoms with van der Waals surface area (Å²) < 4.78 is 1.75. The van der Waals surface area contributed by atoms with E-state index >= 15 is 0 Å². The summed E-state index contributed by atoms with van der Waals surface area (Å²) in [7, 11) is 0. The van der Waals surface area contributed by atoms with Gasteiger partial charge in [-0.1, -0.05) is 0 Å². The molecule has 0 aromatic carbocycles. The van der Waals surface area contributed by atoms with Gasteiger partial charge in [-0.2, -0.15) is 0 Å². The van der Waals surface area contributed by atoms with Gasteiger partial charge in [-0.05, 0) is 0 Å². The summed E-state index contributed by atoms with van der Waals surface area (Å²) in [5, 5.41) is 2.88. The van der Waals surface area contributed by atoms with E-state index in [-0.39, 0.29) is 13.9 Å². The molecule has 1 rings (SSSR count).